The minimum absolute atomic E-state index is 0.103. The largest absolute Gasteiger partial charge is 0.334 e. The molecule has 2 heterocycles. The van der Waals surface area contributed by atoms with Crippen LogP contribution in [0, 0.1) is 5.82 Å². The molecule has 2 aromatic carbocycles. The van der Waals surface area contributed by atoms with Crippen LogP contribution in [0.1, 0.15) is 12.5 Å². The van der Waals surface area contributed by atoms with Gasteiger partial charge in [-0.05, 0) is 48.4 Å². The van der Waals surface area contributed by atoms with Crippen LogP contribution in [0.5, 0.6) is 0 Å². The van der Waals surface area contributed by atoms with E-state index in [1.807, 2.05) is 24.3 Å². The van der Waals surface area contributed by atoms with Crippen LogP contribution in [0.4, 0.5) is 10.1 Å². The lowest BCUT2D eigenvalue weighted by molar-refractivity contribution is -0.116. The maximum absolute atomic E-state index is 13.0. The Kier molecular flexibility index (Phi) is 5.15. The fourth-order valence-electron chi connectivity index (χ4n) is 2.83. The lowest BCUT2D eigenvalue weighted by Gasteiger charge is -2.07. The highest BCUT2D eigenvalue weighted by molar-refractivity contribution is 5.90. The topological polar surface area (TPSA) is 85.8 Å². The standard InChI is InChI=1S/C21H18FN5O2/c1-2-14-4-3-5-17(10-14)24-19(28)12-27-11-18(23-13-27)20-25-21(29-26-20)15-6-8-16(22)9-7-15/h3-11,13H,2,12H2,1H3,(H,24,28). The van der Waals surface area contributed by atoms with Crippen LogP contribution >= 0.6 is 0 Å². The number of hydrogen-bond acceptors (Lipinski definition) is 5. The lowest BCUT2D eigenvalue weighted by Crippen LogP contribution is -2.17. The van der Waals surface area contributed by atoms with E-state index < -0.39 is 0 Å². The number of halogens is 1. The number of aryl methyl sites for hydroxylation is 1. The number of benzene rings is 2. The number of carbonyl (C=O) groups is 1. The number of carbonyl (C=O) groups excluding carboxylic acids is 1. The Morgan fingerprint density at radius 3 is 2.83 bits per heavy atom. The number of nitrogens with zero attached hydrogens (tertiary/aromatic N) is 4. The van der Waals surface area contributed by atoms with Gasteiger partial charge in [0.05, 0.1) is 6.33 Å². The third kappa shape index (κ3) is 4.37. The van der Waals surface area contributed by atoms with Crippen LogP contribution in [0.25, 0.3) is 23.0 Å². The average Bonchev–Trinajstić information content (AvgIpc) is 3.38. The molecule has 7 nitrogen and oxygen atoms in total. The monoisotopic (exact) mass is 391 g/mol. The van der Waals surface area contributed by atoms with Gasteiger partial charge in [-0.15, -0.1) is 0 Å². The Labute approximate surface area is 166 Å². The SMILES string of the molecule is CCc1cccc(NC(=O)Cn2cnc(-c3noc(-c4ccc(F)cc4)n3)c2)c1. The number of anilines is 1. The van der Waals surface area contributed by atoms with Crippen molar-refractivity contribution >= 4 is 11.6 Å². The molecule has 0 unspecified atom stereocenters. The van der Waals surface area contributed by atoms with E-state index >= 15 is 0 Å². The van der Waals surface area contributed by atoms with Gasteiger partial charge in [0, 0.05) is 17.4 Å². The minimum Gasteiger partial charge on any atom is -0.334 e. The molecule has 0 saturated carbocycles. The molecule has 1 N–H and O–H groups in total. The van der Waals surface area contributed by atoms with Gasteiger partial charge in [-0.3, -0.25) is 4.79 Å². The summed E-state index contributed by atoms with van der Waals surface area (Å²) in [6.45, 7) is 2.17. The molecule has 1 amide bonds. The highest BCUT2D eigenvalue weighted by Crippen LogP contribution is 2.21. The van der Waals surface area contributed by atoms with Crippen molar-refractivity contribution in [1.82, 2.24) is 19.7 Å². The molecule has 0 aliphatic carbocycles. The van der Waals surface area contributed by atoms with Gasteiger partial charge in [0.1, 0.15) is 18.1 Å². The molecule has 0 fully saturated rings. The van der Waals surface area contributed by atoms with Crippen LogP contribution in [0.2, 0.25) is 0 Å². The van der Waals surface area contributed by atoms with E-state index in [2.05, 4.69) is 27.4 Å². The van der Waals surface area contributed by atoms with Crippen molar-refractivity contribution in [3.63, 3.8) is 0 Å². The molecule has 0 atom stereocenters. The van der Waals surface area contributed by atoms with Gasteiger partial charge in [-0.25, -0.2) is 9.37 Å². The van der Waals surface area contributed by atoms with Gasteiger partial charge >= 0.3 is 0 Å². The van der Waals surface area contributed by atoms with Gasteiger partial charge in [0.15, 0.2) is 0 Å². The van der Waals surface area contributed by atoms with Crippen molar-refractivity contribution in [2.45, 2.75) is 19.9 Å². The second-order valence-electron chi connectivity index (χ2n) is 6.46. The molecule has 2 aromatic heterocycles. The van der Waals surface area contributed by atoms with Crippen LogP contribution in [0.15, 0.2) is 65.6 Å². The van der Waals surface area contributed by atoms with E-state index in [1.165, 1.54) is 18.5 Å². The van der Waals surface area contributed by atoms with Gasteiger partial charge in [0.25, 0.3) is 5.89 Å². The zero-order valence-electron chi connectivity index (χ0n) is 15.7. The Hall–Kier alpha value is -3.81. The second-order valence-corrected chi connectivity index (χ2v) is 6.46. The predicted molar refractivity (Wildman–Crippen MR) is 105 cm³/mol. The van der Waals surface area contributed by atoms with E-state index in [0.717, 1.165) is 17.7 Å². The van der Waals surface area contributed by atoms with Crippen LogP contribution in [-0.4, -0.2) is 25.6 Å². The first-order chi connectivity index (χ1) is 14.1. The Bertz CT molecular complexity index is 1130. The minimum atomic E-state index is -0.341. The summed E-state index contributed by atoms with van der Waals surface area (Å²) in [5.74, 6) is 0.0523. The van der Waals surface area contributed by atoms with Crippen molar-refractivity contribution in [2.75, 3.05) is 5.32 Å². The molecule has 0 spiro atoms. The summed E-state index contributed by atoms with van der Waals surface area (Å²) in [6.07, 6.45) is 4.10. The van der Waals surface area contributed by atoms with E-state index in [9.17, 15) is 9.18 Å². The van der Waals surface area contributed by atoms with E-state index in [0.29, 0.717) is 17.1 Å². The van der Waals surface area contributed by atoms with E-state index in [-0.39, 0.29) is 24.2 Å². The highest BCUT2D eigenvalue weighted by atomic mass is 19.1. The molecule has 4 aromatic rings. The molecular weight excluding hydrogens is 373 g/mol. The van der Waals surface area contributed by atoms with Crippen LogP contribution < -0.4 is 5.32 Å². The summed E-state index contributed by atoms with van der Waals surface area (Å²) in [4.78, 5) is 20.8. The summed E-state index contributed by atoms with van der Waals surface area (Å²) in [5, 5.41) is 6.78. The van der Waals surface area contributed by atoms with E-state index in [1.54, 1.807) is 22.9 Å². The number of imidazole rings is 1. The predicted octanol–water partition coefficient (Wildman–Crippen LogP) is 3.94. The zero-order valence-corrected chi connectivity index (χ0v) is 15.7. The Morgan fingerprint density at radius 1 is 1.21 bits per heavy atom. The van der Waals surface area contributed by atoms with E-state index in [4.69, 9.17) is 4.52 Å². The number of hydrogen-bond donors (Lipinski definition) is 1. The van der Waals surface area contributed by atoms with Crippen molar-refractivity contribution in [2.24, 2.45) is 0 Å². The Morgan fingerprint density at radius 2 is 2.03 bits per heavy atom. The number of amides is 1. The summed E-state index contributed by atoms with van der Waals surface area (Å²) in [7, 11) is 0. The Balaban J connectivity index is 1.43. The molecule has 0 saturated heterocycles. The molecule has 0 aliphatic heterocycles. The quantitative estimate of drug-likeness (QED) is 0.538. The smallest absolute Gasteiger partial charge is 0.258 e. The number of nitrogens with one attached hydrogen (secondary N) is 1. The number of aromatic nitrogens is 4. The van der Waals surface area contributed by atoms with Gasteiger partial charge in [0.2, 0.25) is 11.7 Å². The highest BCUT2D eigenvalue weighted by Gasteiger charge is 2.14. The lowest BCUT2D eigenvalue weighted by atomic mass is 10.1. The maximum atomic E-state index is 13.0. The molecule has 0 radical (unpaired) electrons. The molecule has 4 rings (SSSR count). The van der Waals surface area contributed by atoms with Gasteiger partial charge < -0.3 is 14.4 Å². The third-order valence-electron chi connectivity index (χ3n) is 4.32. The molecule has 146 valence electrons. The summed E-state index contributed by atoms with van der Waals surface area (Å²) >= 11 is 0. The fraction of sp³-hybridized carbons (Fsp3) is 0.143. The summed E-state index contributed by atoms with van der Waals surface area (Å²) < 4.78 is 19.9. The molecule has 29 heavy (non-hydrogen) atoms. The fourth-order valence-corrected chi connectivity index (χ4v) is 2.83. The second kappa shape index (κ2) is 8.05. The zero-order chi connectivity index (χ0) is 20.2. The summed E-state index contributed by atoms with van der Waals surface area (Å²) in [6, 6.07) is 13.5. The number of rotatable bonds is 6. The molecule has 8 heteroatoms. The molecule has 0 aliphatic rings. The van der Waals surface area contributed by atoms with Gasteiger partial charge in [-0.2, -0.15) is 4.98 Å². The maximum Gasteiger partial charge on any atom is 0.258 e. The third-order valence-corrected chi connectivity index (χ3v) is 4.32. The average molecular weight is 391 g/mol. The van der Waals surface area contributed by atoms with Crippen LogP contribution in [-0.2, 0) is 17.8 Å². The first-order valence-corrected chi connectivity index (χ1v) is 9.11. The first kappa shape index (κ1) is 18.5. The normalized spacial score (nSPS) is 10.8. The van der Waals surface area contributed by atoms with Gasteiger partial charge in [-0.1, -0.05) is 24.2 Å². The van der Waals surface area contributed by atoms with Crippen molar-refractivity contribution < 1.29 is 13.7 Å². The molecular formula is C21H18FN5O2. The van der Waals surface area contributed by atoms with Crippen molar-refractivity contribution in [3.05, 3.63) is 72.4 Å². The van der Waals surface area contributed by atoms with Crippen molar-refractivity contribution in [1.29, 1.82) is 0 Å². The summed E-state index contributed by atoms with van der Waals surface area (Å²) in [5.41, 5.74) is 3.00. The van der Waals surface area contributed by atoms with Crippen LogP contribution in [0.3, 0.4) is 0 Å². The molecule has 0 bridgehead atoms. The first-order valence-electron chi connectivity index (χ1n) is 9.11. The van der Waals surface area contributed by atoms with Crippen molar-refractivity contribution in [3.8, 4) is 23.0 Å².